The first-order chi connectivity index (χ1) is 17.0. The normalized spacial score (nSPS) is 12.4. The van der Waals surface area contributed by atoms with E-state index in [1.54, 1.807) is 30.3 Å². The molecule has 0 amide bonds. The third kappa shape index (κ3) is 8.04. The van der Waals surface area contributed by atoms with E-state index in [2.05, 4.69) is 4.74 Å². The highest BCUT2D eigenvalue weighted by atomic mass is 19.4. The number of ether oxygens (including phenoxy) is 2. The van der Waals surface area contributed by atoms with Gasteiger partial charge in [-0.15, -0.1) is 0 Å². The molecule has 0 heterocycles. The molecule has 1 N–H and O–H groups in total. The Hall–Kier alpha value is -3.47. The standard InChI is InChI=1S/C23H18F7NO3.C2H6/c24-21(25)23(29,30)34-19-11-5-7-16(13-19)31(14-20(32)22(26,27)28)15-6-4-10-18(12-15)33-17-8-2-1-3-9-17;1-2/h1-13,20-21,32H,14H2;1-2H3/t20-;/m1./s1. The van der Waals surface area contributed by atoms with Crippen molar-refractivity contribution in [2.45, 2.75) is 38.7 Å². The molecule has 0 radical (unpaired) electrons. The summed E-state index contributed by atoms with van der Waals surface area (Å²) in [6, 6.07) is 18.5. The monoisotopic (exact) mass is 519 g/mol. The van der Waals surface area contributed by atoms with Crippen LogP contribution >= 0.6 is 0 Å². The van der Waals surface area contributed by atoms with Crippen LogP contribution in [-0.4, -0.2) is 36.5 Å². The van der Waals surface area contributed by atoms with E-state index in [9.17, 15) is 35.8 Å². The molecular formula is C25H24F7NO3. The van der Waals surface area contributed by atoms with Gasteiger partial charge in [-0.3, -0.25) is 0 Å². The van der Waals surface area contributed by atoms with Gasteiger partial charge in [-0.05, 0) is 36.4 Å². The van der Waals surface area contributed by atoms with Crippen LogP contribution in [0.15, 0.2) is 78.9 Å². The smallest absolute Gasteiger partial charge is 0.457 e. The minimum absolute atomic E-state index is 0.106. The van der Waals surface area contributed by atoms with Gasteiger partial charge < -0.3 is 19.5 Å². The molecule has 0 aliphatic heterocycles. The lowest BCUT2D eigenvalue weighted by Crippen LogP contribution is -2.39. The number of hydrogen-bond acceptors (Lipinski definition) is 4. The number of anilines is 2. The summed E-state index contributed by atoms with van der Waals surface area (Å²) >= 11 is 0. The van der Waals surface area contributed by atoms with Crippen molar-refractivity contribution in [2.75, 3.05) is 11.4 Å². The summed E-state index contributed by atoms with van der Waals surface area (Å²) in [5.41, 5.74) is -0.0165. The van der Waals surface area contributed by atoms with Crippen molar-refractivity contribution in [3.63, 3.8) is 0 Å². The highest BCUT2D eigenvalue weighted by Gasteiger charge is 2.44. The molecule has 0 saturated heterocycles. The fraction of sp³-hybridized carbons (Fsp3) is 0.280. The van der Waals surface area contributed by atoms with E-state index in [-0.39, 0.29) is 17.1 Å². The molecule has 0 aliphatic rings. The quantitative estimate of drug-likeness (QED) is 0.293. The predicted octanol–water partition coefficient (Wildman–Crippen LogP) is 7.80. The van der Waals surface area contributed by atoms with Crippen molar-refractivity contribution in [1.29, 1.82) is 0 Å². The van der Waals surface area contributed by atoms with Gasteiger partial charge in [-0.1, -0.05) is 44.2 Å². The van der Waals surface area contributed by atoms with E-state index >= 15 is 0 Å². The first-order valence-electron chi connectivity index (χ1n) is 10.8. The van der Waals surface area contributed by atoms with Gasteiger partial charge in [0.05, 0.1) is 6.54 Å². The Bertz CT molecular complexity index is 1080. The number of rotatable bonds is 9. The summed E-state index contributed by atoms with van der Waals surface area (Å²) in [5, 5.41) is 9.66. The average Bonchev–Trinajstić information content (AvgIpc) is 2.83. The molecular weight excluding hydrogens is 495 g/mol. The Balaban J connectivity index is 0.00000222. The molecule has 196 valence electrons. The average molecular weight is 519 g/mol. The van der Waals surface area contributed by atoms with Crippen LogP contribution < -0.4 is 14.4 Å². The zero-order valence-corrected chi connectivity index (χ0v) is 19.2. The van der Waals surface area contributed by atoms with Crippen molar-refractivity contribution in [3.05, 3.63) is 78.9 Å². The van der Waals surface area contributed by atoms with E-state index in [4.69, 9.17) is 4.74 Å². The molecule has 0 spiro atoms. The minimum atomic E-state index is -4.98. The molecule has 3 aromatic carbocycles. The number of nitrogens with zero attached hydrogens (tertiary/aromatic N) is 1. The third-order valence-electron chi connectivity index (χ3n) is 4.48. The molecule has 0 unspecified atom stereocenters. The summed E-state index contributed by atoms with van der Waals surface area (Å²) in [5.74, 6) is -0.0102. The Labute approximate surface area is 203 Å². The van der Waals surface area contributed by atoms with Gasteiger partial charge in [0.1, 0.15) is 17.2 Å². The van der Waals surface area contributed by atoms with Crippen LogP contribution in [0.4, 0.5) is 42.1 Å². The van der Waals surface area contributed by atoms with Crippen LogP contribution in [0.1, 0.15) is 13.8 Å². The number of para-hydroxylation sites is 1. The Morgan fingerprint density at radius 2 is 1.25 bits per heavy atom. The molecule has 0 aromatic heterocycles. The molecule has 0 fully saturated rings. The number of hydrogen-bond donors (Lipinski definition) is 1. The summed E-state index contributed by atoms with van der Waals surface area (Å²) < 4.78 is 101. The molecule has 1 atom stereocenters. The first kappa shape index (κ1) is 28.8. The molecule has 0 saturated carbocycles. The van der Waals surface area contributed by atoms with Crippen LogP contribution in [0, 0.1) is 0 Å². The van der Waals surface area contributed by atoms with Crippen LogP contribution in [0.25, 0.3) is 0 Å². The van der Waals surface area contributed by atoms with Gasteiger partial charge in [-0.2, -0.15) is 30.7 Å². The van der Waals surface area contributed by atoms with Crippen molar-refractivity contribution in [3.8, 4) is 17.2 Å². The maximum Gasteiger partial charge on any atom is 0.461 e. The highest BCUT2D eigenvalue weighted by Crippen LogP contribution is 2.35. The number of halogens is 7. The van der Waals surface area contributed by atoms with Gasteiger partial charge in [0.25, 0.3) is 0 Å². The Morgan fingerprint density at radius 3 is 1.78 bits per heavy atom. The topological polar surface area (TPSA) is 41.9 Å². The fourth-order valence-electron chi connectivity index (χ4n) is 2.89. The largest absolute Gasteiger partial charge is 0.461 e. The van der Waals surface area contributed by atoms with E-state index < -0.39 is 37.1 Å². The van der Waals surface area contributed by atoms with Crippen molar-refractivity contribution in [2.24, 2.45) is 0 Å². The predicted molar refractivity (Wildman–Crippen MR) is 121 cm³/mol. The lowest BCUT2D eigenvalue weighted by Gasteiger charge is -2.29. The lowest BCUT2D eigenvalue weighted by molar-refractivity contribution is -0.253. The van der Waals surface area contributed by atoms with Gasteiger partial charge >= 0.3 is 18.7 Å². The molecule has 3 rings (SSSR count). The van der Waals surface area contributed by atoms with Crippen LogP contribution in [-0.2, 0) is 0 Å². The van der Waals surface area contributed by atoms with Crippen LogP contribution in [0.2, 0.25) is 0 Å². The van der Waals surface area contributed by atoms with Crippen LogP contribution in [0.5, 0.6) is 17.2 Å². The second-order valence-corrected chi connectivity index (χ2v) is 7.04. The minimum Gasteiger partial charge on any atom is -0.457 e. The molecule has 0 bridgehead atoms. The zero-order valence-electron chi connectivity index (χ0n) is 19.2. The van der Waals surface area contributed by atoms with E-state index in [0.29, 0.717) is 5.75 Å². The first-order valence-corrected chi connectivity index (χ1v) is 10.8. The van der Waals surface area contributed by atoms with Crippen molar-refractivity contribution >= 4 is 11.4 Å². The SMILES string of the molecule is CC.O[C@H](CN(c1cccc(Oc2ccccc2)c1)c1cccc(OC(F)(F)C(F)F)c1)C(F)(F)F. The van der Waals surface area contributed by atoms with Gasteiger partial charge in [0, 0.05) is 23.5 Å². The van der Waals surface area contributed by atoms with Crippen molar-refractivity contribution in [1.82, 2.24) is 0 Å². The fourth-order valence-corrected chi connectivity index (χ4v) is 2.89. The summed E-state index contributed by atoms with van der Waals surface area (Å²) in [7, 11) is 0. The summed E-state index contributed by atoms with van der Waals surface area (Å²) in [4.78, 5) is 0.976. The second-order valence-electron chi connectivity index (χ2n) is 7.04. The van der Waals surface area contributed by atoms with E-state index in [1.165, 1.54) is 30.3 Å². The summed E-state index contributed by atoms with van der Waals surface area (Å²) in [6.07, 6.45) is -16.7. The number of benzene rings is 3. The molecule has 3 aromatic rings. The Morgan fingerprint density at radius 1 is 0.750 bits per heavy atom. The number of aliphatic hydroxyl groups excluding tert-OH is 1. The van der Waals surface area contributed by atoms with Gasteiger partial charge in [0.15, 0.2) is 6.10 Å². The second kappa shape index (κ2) is 12.5. The maximum absolute atomic E-state index is 13.3. The van der Waals surface area contributed by atoms with Crippen LogP contribution in [0.3, 0.4) is 0 Å². The molecule has 4 nitrogen and oxygen atoms in total. The maximum atomic E-state index is 13.3. The Kier molecular flexibility index (Phi) is 9.97. The molecule has 36 heavy (non-hydrogen) atoms. The van der Waals surface area contributed by atoms with Crippen molar-refractivity contribution < 1.29 is 45.3 Å². The zero-order chi connectivity index (χ0) is 26.9. The molecule has 0 aliphatic carbocycles. The molecule has 11 heteroatoms. The third-order valence-corrected chi connectivity index (χ3v) is 4.48. The van der Waals surface area contributed by atoms with E-state index in [1.807, 2.05) is 13.8 Å². The van der Waals surface area contributed by atoms with Gasteiger partial charge in [-0.25, -0.2) is 0 Å². The number of aliphatic hydroxyl groups is 1. The lowest BCUT2D eigenvalue weighted by atomic mass is 10.2. The highest BCUT2D eigenvalue weighted by molar-refractivity contribution is 5.66. The summed E-state index contributed by atoms with van der Waals surface area (Å²) in [6.45, 7) is 2.98. The van der Waals surface area contributed by atoms with Gasteiger partial charge in [0.2, 0.25) is 0 Å². The number of alkyl halides is 7. The van der Waals surface area contributed by atoms with E-state index in [0.717, 1.165) is 23.1 Å².